The monoisotopic (exact) mass is 288 g/mol. The molecule has 0 aromatic rings. The van der Waals surface area contributed by atoms with E-state index in [0.717, 1.165) is 10.9 Å². The molecule has 0 saturated carbocycles. The standard InChI is InChI=1S/C14H25BrO/c1-4-6-7-8-9-10-11-14(5-2)16-12-13(3)15/h5,14H,2-4,6-12H2,1H3/t14-/m0/s1. The van der Waals surface area contributed by atoms with Crippen LogP contribution in [0.25, 0.3) is 0 Å². The number of hydrogen-bond donors (Lipinski definition) is 0. The molecule has 94 valence electrons. The molecule has 0 unspecified atom stereocenters. The molecule has 2 heteroatoms. The number of hydrogen-bond acceptors (Lipinski definition) is 1. The maximum Gasteiger partial charge on any atom is 0.0783 e. The summed E-state index contributed by atoms with van der Waals surface area (Å²) in [7, 11) is 0. The quantitative estimate of drug-likeness (QED) is 0.374. The van der Waals surface area contributed by atoms with Crippen molar-refractivity contribution in [2.45, 2.75) is 58.0 Å². The van der Waals surface area contributed by atoms with Gasteiger partial charge in [0.15, 0.2) is 0 Å². The zero-order valence-electron chi connectivity index (χ0n) is 10.5. The van der Waals surface area contributed by atoms with Crippen LogP contribution in [0.5, 0.6) is 0 Å². The van der Waals surface area contributed by atoms with Gasteiger partial charge in [0.25, 0.3) is 0 Å². The third kappa shape index (κ3) is 10.4. The molecule has 0 radical (unpaired) electrons. The first-order valence-electron chi connectivity index (χ1n) is 6.28. The van der Waals surface area contributed by atoms with Crippen LogP contribution in [0, 0.1) is 0 Å². The summed E-state index contributed by atoms with van der Waals surface area (Å²) in [5, 5.41) is 0. The van der Waals surface area contributed by atoms with E-state index >= 15 is 0 Å². The lowest BCUT2D eigenvalue weighted by molar-refractivity contribution is 0.0996. The summed E-state index contributed by atoms with van der Waals surface area (Å²) < 4.78 is 6.51. The van der Waals surface area contributed by atoms with Gasteiger partial charge in [-0.25, -0.2) is 0 Å². The lowest BCUT2D eigenvalue weighted by Crippen LogP contribution is -2.10. The summed E-state index contributed by atoms with van der Waals surface area (Å²) in [5.41, 5.74) is 0. The Morgan fingerprint density at radius 1 is 1.25 bits per heavy atom. The van der Waals surface area contributed by atoms with Crippen molar-refractivity contribution in [3.8, 4) is 0 Å². The van der Waals surface area contributed by atoms with Crippen LogP contribution in [-0.2, 0) is 4.74 Å². The summed E-state index contributed by atoms with van der Waals surface area (Å²) in [5.74, 6) is 0. The minimum Gasteiger partial charge on any atom is -0.369 e. The fourth-order valence-electron chi connectivity index (χ4n) is 1.59. The highest BCUT2D eigenvalue weighted by atomic mass is 79.9. The van der Waals surface area contributed by atoms with Crippen LogP contribution in [0.4, 0.5) is 0 Å². The molecule has 0 heterocycles. The number of rotatable bonds is 11. The van der Waals surface area contributed by atoms with Gasteiger partial charge in [0.1, 0.15) is 0 Å². The summed E-state index contributed by atoms with van der Waals surface area (Å²) in [6, 6.07) is 0. The zero-order chi connectivity index (χ0) is 12.2. The van der Waals surface area contributed by atoms with Crippen molar-refractivity contribution in [3.05, 3.63) is 23.7 Å². The van der Waals surface area contributed by atoms with Gasteiger partial charge in [0.2, 0.25) is 0 Å². The SMILES string of the molecule is C=C[C@@H](CCCCCCCC)OCC(=C)Br. The second kappa shape index (κ2) is 11.4. The molecule has 0 aliphatic rings. The van der Waals surface area contributed by atoms with Gasteiger partial charge >= 0.3 is 0 Å². The average molecular weight is 289 g/mol. The highest BCUT2D eigenvalue weighted by molar-refractivity contribution is 9.11. The van der Waals surface area contributed by atoms with Crippen LogP contribution in [-0.4, -0.2) is 12.7 Å². The number of ether oxygens (including phenoxy) is 1. The van der Waals surface area contributed by atoms with E-state index in [4.69, 9.17) is 4.74 Å². The van der Waals surface area contributed by atoms with E-state index in [0.29, 0.717) is 6.61 Å². The Morgan fingerprint density at radius 3 is 2.44 bits per heavy atom. The third-order valence-electron chi connectivity index (χ3n) is 2.56. The van der Waals surface area contributed by atoms with Gasteiger partial charge in [-0.2, -0.15) is 0 Å². The van der Waals surface area contributed by atoms with E-state index in [1.54, 1.807) is 0 Å². The van der Waals surface area contributed by atoms with Gasteiger partial charge in [-0.1, -0.05) is 74.0 Å². The van der Waals surface area contributed by atoms with Crippen LogP contribution < -0.4 is 0 Å². The van der Waals surface area contributed by atoms with E-state index in [1.807, 2.05) is 6.08 Å². The molecule has 0 fully saturated rings. The molecule has 0 aromatic heterocycles. The molecule has 0 aromatic carbocycles. The largest absolute Gasteiger partial charge is 0.369 e. The van der Waals surface area contributed by atoms with E-state index in [9.17, 15) is 0 Å². The Labute approximate surface area is 109 Å². The fourth-order valence-corrected chi connectivity index (χ4v) is 1.72. The summed E-state index contributed by atoms with van der Waals surface area (Å²) in [6.45, 7) is 10.4. The maximum absolute atomic E-state index is 5.62. The highest BCUT2D eigenvalue weighted by Gasteiger charge is 2.04. The Kier molecular flexibility index (Phi) is 11.3. The van der Waals surface area contributed by atoms with Gasteiger partial charge in [0, 0.05) is 4.48 Å². The number of unbranched alkanes of at least 4 members (excludes halogenated alkanes) is 5. The molecule has 0 saturated heterocycles. The summed E-state index contributed by atoms with van der Waals surface area (Å²) in [6.07, 6.45) is 11.1. The van der Waals surface area contributed by atoms with Crippen molar-refractivity contribution >= 4 is 15.9 Å². The van der Waals surface area contributed by atoms with Crippen LogP contribution in [0.15, 0.2) is 23.7 Å². The van der Waals surface area contributed by atoms with Gasteiger partial charge in [0.05, 0.1) is 12.7 Å². The van der Waals surface area contributed by atoms with E-state index in [1.165, 1.54) is 38.5 Å². The van der Waals surface area contributed by atoms with Gasteiger partial charge in [-0.05, 0) is 6.42 Å². The summed E-state index contributed by atoms with van der Waals surface area (Å²) >= 11 is 3.29. The van der Waals surface area contributed by atoms with Crippen molar-refractivity contribution in [1.82, 2.24) is 0 Å². The first-order chi connectivity index (χ1) is 7.70. The van der Waals surface area contributed by atoms with Gasteiger partial charge < -0.3 is 4.74 Å². The average Bonchev–Trinajstić information content (AvgIpc) is 2.27. The highest BCUT2D eigenvalue weighted by Crippen LogP contribution is 2.12. The predicted molar refractivity (Wildman–Crippen MR) is 76.0 cm³/mol. The van der Waals surface area contributed by atoms with Crippen LogP contribution in [0.1, 0.15) is 51.9 Å². The van der Waals surface area contributed by atoms with Crippen molar-refractivity contribution in [2.75, 3.05) is 6.61 Å². The Hall–Kier alpha value is -0.0800. The molecule has 0 N–H and O–H groups in total. The van der Waals surface area contributed by atoms with E-state index in [2.05, 4.69) is 36.0 Å². The second-order valence-corrected chi connectivity index (χ2v) is 5.28. The molecule has 0 rings (SSSR count). The third-order valence-corrected chi connectivity index (χ3v) is 2.79. The van der Waals surface area contributed by atoms with Crippen molar-refractivity contribution in [1.29, 1.82) is 0 Å². The van der Waals surface area contributed by atoms with E-state index < -0.39 is 0 Å². The van der Waals surface area contributed by atoms with Gasteiger partial charge in [-0.15, -0.1) is 6.58 Å². The van der Waals surface area contributed by atoms with Crippen LogP contribution in [0.2, 0.25) is 0 Å². The lowest BCUT2D eigenvalue weighted by atomic mass is 10.1. The minimum absolute atomic E-state index is 0.181. The molecular weight excluding hydrogens is 264 g/mol. The molecule has 1 nitrogen and oxygen atoms in total. The lowest BCUT2D eigenvalue weighted by Gasteiger charge is -2.13. The van der Waals surface area contributed by atoms with Gasteiger partial charge in [-0.3, -0.25) is 0 Å². The van der Waals surface area contributed by atoms with Crippen molar-refractivity contribution in [2.24, 2.45) is 0 Å². The Bertz CT molecular complexity index is 189. The van der Waals surface area contributed by atoms with Crippen molar-refractivity contribution < 1.29 is 4.74 Å². The molecule has 1 atom stereocenters. The minimum atomic E-state index is 0.181. The normalized spacial score (nSPS) is 12.4. The zero-order valence-corrected chi connectivity index (χ0v) is 12.1. The fraction of sp³-hybridized carbons (Fsp3) is 0.714. The van der Waals surface area contributed by atoms with Crippen molar-refractivity contribution in [3.63, 3.8) is 0 Å². The molecule has 0 bridgehead atoms. The maximum atomic E-state index is 5.62. The Morgan fingerprint density at radius 2 is 1.88 bits per heavy atom. The van der Waals surface area contributed by atoms with Crippen LogP contribution >= 0.6 is 15.9 Å². The first kappa shape index (κ1) is 15.9. The molecule has 0 spiro atoms. The molecule has 0 aliphatic heterocycles. The molecule has 0 amide bonds. The summed E-state index contributed by atoms with van der Waals surface area (Å²) in [4.78, 5) is 0. The molecule has 16 heavy (non-hydrogen) atoms. The molecule has 0 aliphatic carbocycles. The number of halogens is 1. The second-order valence-electron chi connectivity index (χ2n) is 4.16. The van der Waals surface area contributed by atoms with E-state index in [-0.39, 0.29) is 6.10 Å². The first-order valence-corrected chi connectivity index (χ1v) is 7.07. The smallest absolute Gasteiger partial charge is 0.0783 e. The van der Waals surface area contributed by atoms with Crippen LogP contribution in [0.3, 0.4) is 0 Å². The topological polar surface area (TPSA) is 9.23 Å². The predicted octanol–water partition coefficient (Wildman–Crippen LogP) is 5.22. The molecular formula is C14H25BrO. The Balaban J connectivity index is 3.40.